The lowest BCUT2D eigenvalue weighted by molar-refractivity contribution is -0.175. The molecule has 1 unspecified atom stereocenters. The van der Waals surface area contributed by atoms with Gasteiger partial charge >= 0.3 is 6.18 Å². The molecule has 4 N–H and O–H groups in total. The predicted octanol–water partition coefficient (Wildman–Crippen LogP) is 3.43. The molecule has 1 aromatic carbocycles. The lowest BCUT2D eigenvalue weighted by Crippen LogP contribution is -2.58. The maximum atomic E-state index is 13.8. The number of ether oxygens (including phenoxy) is 1. The second kappa shape index (κ2) is 12.7. The molecular weight excluding hydrogens is 605 g/mol. The van der Waals surface area contributed by atoms with Crippen LogP contribution in [0.5, 0.6) is 0 Å². The topological polar surface area (TPSA) is 143 Å². The number of hydrogen-bond acceptors (Lipinski definition) is 6. The minimum absolute atomic E-state index is 0.0195. The molecule has 3 aliphatic carbocycles. The Balaban J connectivity index is 1.14. The van der Waals surface area contributed by atoms with E-state index in [9.17, 15) is 32.3 Å². The Kier molecular flexibility index (Phi) is 8.83. The first kappa shape index (κ1) is 32.0. The van der Waals surface area contributed by atoms with Crippen LogP contribution in [0.15, 0.2) is 30.5 Å². The summed E-state index contributed by atoms with van der Waals surface area (Å²) in [6, 6.07) is 2.58. The number of nitrogens with zero attached hydrogens (tertiary/aromatic N) is 2. The number of rotatable bonds is 12. The third-order valence-corrected chi connectivity index (χ3v) is 9.37. The van der Waals surface area contributed by atoms with Gasteiger partial charge in [-0.05, 0) is 99.5 Å². The highest BCUT2D eigenvalue weighted by molar-refractivity contribution is 6.01. The van der Waals surface area contributed by atoms with E-state index in [1.54, 1.807) is 35.1 Å². The van der Waals surface area contributed by atoms with Gasteiger partial charge in [0.05, 0.1) is 25.2 Å². The van der Waals surface area contributed by atoms with Gasteiger partial charge in [0.25, 0.3) is 11.8 Å². The number of hydrogen-bond donors (Lipinski definition) is 4. The minimum atomic E-state index is -4.97. The number of benzene rings is 1. The van der Waals surface area contributed by atoms with Crippen LogP contribution in [0.1, 0.15) is 79.7 Å². The van der Waals surface area contributed by atoms with Crippen molar-refractivity contribution in [2.45, 2.75) is 82.7 Å². The number of carbonyl (C=O) groups is 4. The molecular formula is C32H39F3N6O5. The van der Waals surface area contributed by atoms with Crippen molar-refractivity contribution >= 4 is 29.3 Å². The highest BCUT2D eigenvalue weighted by Gasteiger charge is 2.49. The first-order valence-corrected chi connectivity index (χ1v) is 15.9. The van der Waals surface area contributed by atoms with E-state index in [1.807, 2.05) is 19.2 Å². The number of alkyl halides is 3. The van der Waals surface area contributed by atoms with Crippen molar-refractivity contribution in [1.82, 2.24) is 25.7 Å². The second-order valence-corrected chi connectivity index (χ2v) is 13.2. The minimum Gasteiger partial charge on any atom is -0.380 e. The summed E-state index contributed by atoms with van der Waals surface area (Å²) in [5.41, 5.74) is 2.31. The summed E-state index contributed by atoms with van der Waals surface area (Å²) in [5.74, 6) is -2.84. The Bertz CT molecular complexity index is 1490. The molecule has 3 fully saturated rings. The molecule has 1 aromatic heterocycles. The van der Waals surface area contributed by atoms with Gasteiger partial charge in [-0.2, -0.15) is 18.3 Å². The maximum Gasteiger partial charge on any atom is 0.417 e. The van der Waals surface area contributed by atoms with Crippen molar-refractivity contribution in [3.8, 4) is 0 Å². The molecule has 14 heteroatoms. The van der Waals surface area contributed by atoms with E-state index >= 15 is 0 Å². The summed E-state index contributed by atoms with van der Waals surface area (Å²) >= 11 is 0. The monoisotopic (exact) mass is 644 g/mol. The Morgan fingerprint density at radius 2 is 1.65 bits per heavy atom. The van der Waals surface area contributed by atoms with Crippen molar-refractivity contribution in [2.24, 2.45) is 23.7 Å². The fourth-order valence-electron chi connectivity index (χ4n) is 6.61. The van der Waals surface area contributed by atoms with Gasteiger partial charge in [0.15, 0.2) is 0 Å². The number of nitrogens with one attached hydrogen (secondary N) is 4. The van der Waals surface area contributed by atoms with Crippen LogP contribution in [0.4, 0.5) is 18.9 Å². The molecule has 1 aliphatic heterocycles. The van der Waals surface area contributed by atoms with E-state index in [-0.39, 0.29) is 37.0 Å². The van der Waals surface area contributed by atoms with Gasteiger partial charge < -0.3 is 26.0 Å². The van der Waals surface area contributed by atoms with E-state index in [0.717, 1.165) is 31.2 Å². The summed E-state index contributed by atoms with van der Waals surface area (Å²) in [5, 5.41) is 14.5. The highest BCUT2D eigenvalue weighted by atomic mass is 19.4. The Morgan fingerprint density at radius 3 is 2.24 bits per heavy atom. The lowest BCUT2D eigenvalue weighted by atomic mass is 9.88. The SMILES string of the molecule is CC(C)n1nccc1C(=O)N[C@H](C(=O)Nc1ccc2c(c1)CC[C@H]2NC(=O)C(NC(=O)C1COC1)C(F)(F)F)C(C1CC1)C1CC1. The van der Waals surface area contributed by atoms with Crippen molar-refractivity contribution in [1.29, 1.82) is 0 Å². The van der Waals surface area contributed by atoms with Crippen molar-refractivity contribution in [3.05, 3.63) is 47.3 Å². The van der Waals surface area contributed by atoms with Gasteiger partial charge in [0.2, 0.25) is 17.9 Å². The maximum absolute atomic E-state index is 13.8. The molecule has 2 heterocycles. The molecule has 4 aliphatic rings. The van der Waals surface area contributed by atoms with Crippen LogP contribution in [0.3, 0.4) is 0 Å². The third-order valence-electron chi connectivity index (χ3n) is 9.37. The summed E-state index contributed by atoms with van der Waals surface area (Å²) in [7, 11) is 0. The molecule has 0 radical (unpaired) electrons. The van der Waals surface area contributed by atoms with E-state index in [1.165, 1.54) is 0 Å². The smallest absolute Gasteiger partial charge is 0.380 e. The van der Waals surface area contributed by atoms with Gasteiger partial charge in [0, 0.05) is 17.9 Å². The molecule has 2 saturated carbocycles. The highest BCUT2D eigenvalue weighted by Crippen LogP contribution is 2.51. The summed E-state index contributed by atoms with van der Waals surface area (Å²) in [6.45, 7) is 3.89. The zero-order valence-electron chi connectivity index (χ0n) is 25.7. The van der Waals surface area contributed by atoms with Gasteiger partial charge in [-0.3, -0.25) is 23.9 Å². The fraction of sp³-hybridized carbons (Fsp3) is 0.594. The zero-order chi connectivity index (χ0) is 32.7. The Labute approximate surface area is 264 Å². The number of fused-ring (bicyclic) bond motifs is 1. The van der Waals surface area contributed by atoms with Crippen LogP contribution in [0.25, 0.3) is 0 Å². The summed E-state index contributed by atoms with van der Waals surface area (Å²) in [6.07, 6.45) is 1.50. The number of aryl methyl sites for hydroxylation is 1. The van der Waals surface area contributed by atoms with Gasteiger partial charge in [-0.25, -0.2) is 0 Å². The molecule has 0 bridgehead atoms. The van der Waals surface area contributed by atoms with Gasteiger partial charge in [0.1, 0.15) is 11.7 Å². The molecule has 0 spiro atoms. The average Bonchev–Trinajstić information content (AvgIpc) is 3.89. The average molecular weight is 645 g/mol. The van der Waals surface area contributed by atoms with Crippen LogP contribution >= 0.6 is 0 Å². The van der Waals surface area contributed by atoms with Crippen molar-refractivity contribution in [3.63, 3.8) is 0 Å². The molecule has 3 atom stereocenters. The van der Waals surface area contributed by atoms with Crippen LogP contribution < -0.4 is 21.3 Å². The molecule has 46 heavy (non-hydrogen) atoms. The van der Waals surface area contributed by atoms with Crippen LogP contribution in [0.2, 0.25) is 0 Å². The number of anilines is 1. The lowest BCUT2D eigenvalue weighted by Gasteiger charge is -2.29. The summed E-state index contributed by atoms with van der Waals surface area (Å²) in [4.78, 5) is 52.1. The van der Waals surface area contributed by atoms with E-state index in [0.29, 0.717) is 41.6 Å². The molecule has 11 nitrogen and oxygen atoms in total. The van der Waals surface area contributed by atoms with E-state index in [2.05, 4.69) is 21.0 Å². The number of halogens is 3. The molecule has 248 valence electrons. The van der Waals surface area contributed by atoms with Gasteiger partial charge in [-0.1, -0.05) is 6.07 Å². The standard InChI is InChI=1S/C32H39F3N6O5/c1-16(2)41-24(11-12-36-41)29(43)39-26(25(17-3-4-17)18-5-6-18)30(44)37-21-8-9-22-19(13-21)7-10-23(22)38-31(45)27(32(33,34)35)40-28(42)20-14-46-15-20/h8-9,11-13,16-18,20,23,25-27H,3-7,10,14-15H2,1-2H3,(H,37,44)(H,38,45)(H,39,43)(H,40,42)/t23-,26+,27?/m1/s1. The largest absolute Gasteiger partial charge is 0.417 e. The zero-order valence-corrected chi connectivity index (χ0v) is 25.7. The Morgan fingerprint density at radius 1 is 0.957 bits per heavy atom. The predicted molar refractivity (Wildman–Crippen MR) is 159 cm³/mol. The normalized spacial score (nSPS) is 20.9. The van der Waals surface area contributed by atoms with E-state index in [4.69, 9.17) is 4.74 Å². The van der Waals surface area contributed by atoms with Crippen LogP contribution in [-0.4, -0.2) is 64.9 Å². The first-order valence-electron chi connectivity index (χ1n) is 15.9. The van der Waals surface area contributed by atoms with Crippen molar-refractivity contribution in [2.75, 3.05) is 18.5 Å². The first-order chi connectivity index (χ1) is 21.9. The summed E-state index contributed by atoms with van der Waals surface area (Å²) < 4.78 is 47.7. The molecule has 4 amide bonds. The molecule has 6 rings (SSSR count). The van der Waals surface area contributed by atoms with Crippen molar-refractivity contribution < 1.29 is 37.1 Å². The quantitative estimate of drug-likeness (QED) is 0.279. The number of carbonyl (C=O) groups excluding carboxylic acids is 4. The molecule has 2 aromatic rings. The van der Waals surface area contributed by atoms with Crippen LogP contribution in [-0.2, 0) is 25.5 Å². The van der Waals surface area contributed by atoms with Crippen LogP contribution in [0, 0.1) is 23.7 Å². The third kappa shape index (κ3) is 6.91. The molecule has 1 saturated heterocycles. The second-order valence-electron chi connectivity index (χ2n) is 13.2. The number of amides is 4. The van der Waals surface area contributed by atoms with Gasteiger partial charge in [-0.15, -0.1) is 0 Å². The Hall–Kier alpha value is -3.94. The number of aromatic nitrogens is 2. The van der Waals surface area contributed by atoms with E-state index < -0.39 is 42.0 Å². The fourth-order valence-corrected chi connectivity index (χ4v) is 6.61.